The second-order valence-electron chi connectivity index (χ2n) is 5.49. The first-order valence-electron chi connectivity index (χ1n) is 7.74. The molecule has 1 atom stereocenters. The molecule has 1 unspecified atom stereocenters. The normalized spacial score (nSPS) is 19.6. The van der Waals surface area contributed by atoms with Crippen molar-refractivity contribution in [1.82, 2.24) is 4.90 Å². The summed E-state index contributed by atoms with van der Waals surface area (Å²) in [6, 6.07) is 2.99. The number of aliphatic hydroxyl groups is 1. The molecule has 1 aromatic rings. The van der Waals surface area contributed by atoms with Crippen molar-refractivity contribution in [2.75, 3.05) is 13.2 Å². The predicted molar refractivity (Wildman–Crippen MR) is 85.9 cm³/mol. The van der Waals surface area contributed by atoms with Gasteiger partial charge in [0.2, 0.25) is 0 Å². The Bertz CT molecular complexity index is 455. The summed E-state index contributed by atoms with van der Waals surface area (Å²) in [5, 5.41) is 10.9. The summed E-state index contributed by atoms with van der Waals surface area (Å²) in [7, 11) is 0. The van der Waals surface area contributed by atoms with E-state index in [2.05, 4.69) is 35.1 Å². The Balaban J connectivity index is 1.93. The van der Waals surface area contributed by atoms with E-state index in [-0.39, 0.29) is 6.61 Å². The van der Waals surface area contributed by atoms with Crippen LogP contribution in [0.2, 0.25) is 0 Å². The van der Waals surface area contributed by atoms with Crippen LogP contribution in [0.25, 0.3) is 0 Å². The molecule has 2 rings (SSSR count). The number of thiophene rings is 1. The topological polar surface area (TPSA) is 23.5 Å². The van der Waals surface area contributed by atoms with E-state index in [1.165, 1.54) is 43.5 Å². The summed E-state index contributed by atoms with van der Waals surface area (Å²) in [4.78, 5) is 4.07. The molecule has 0 saturated carbocycles. The van der Waals surface area contributed by atoms with Gasteiger partial charge in [-0.3, -0.25) is 4.90 Å². The maximum absolute atomic E-state index is 8.74. The van der Waals surface area contributed by atoms with Crippen LogP contribution in [-0.4, -0.2) is 29.2 Å². The molecule has 1 aromatic heterocycles. The standard InChI is InChI=1S/C17H25NOS/c1-2-7-16-9-3-5-10-18(16)13-17-12-15(14-20-17)8-4-6-11-19/h12,14,16,19H,2-3,5-7,9-11,13H2,1H3. The van der Waals surface area contributed by atoms with Crippen molar-refractivity contribution in [2.24, 2.45) is 0 Å². The van der Waals surface area contributed by atoms with Gasteiger partial charge in [0, 0.05) is 34.8 Å². The molecule has 2 nitrogen and oxygen atoms in total. The highest BCUT2D eigenvalue weighted by Crippen LogP contribution is 2.25. The number of hydrogen-bond acceptors (Lipinski definition) is 3. The van der Waals surface area contributed by atoms with Crippen molar-refractivity contribution in [2.45, 2.75) is 58.0 Å². The Hall–Kier alpha value is -0.820. The highest BCUT2D eigenvalue weighted by molar-refractivity contribution is 7.10. The second-order valence-corrected chi connectivity index (χ2v) is 6.48. The van der Waals surface area contributed by atoms with Crippen molar-refractivity contribution in [3.63, 3.8) is 0 Å². The van der Waals surface area contributed by atoms with Crippen molar-refractivity contribution < 1.29 is 5.11 Å². The zero-order valence-corrected chi connectivity index (χ0v) is 13.2. The third-order valence-corrected chi connectivity index (χ3v) is 4.77. The second kappa shape index (κ2) is 8.46. The summed E-state index contributed by atoms with van der Waals surface area (Å²) in [6.45, 7) is 4.76. The lowest BCUT2D eigenvalue weighted by Crippen LogP contribution is -2.38. The third kappa shape index (κ3) is 4.63. The van der Waals surface area contributed by atoms with Gasteiger partial charge < -0.3 is 5.11 Å². The summed E-state index contributed by atoms with van der Waals surface area (Å²) < 4.78 is 0. The van der Waals surface area contributed by atoms with Crippen LogP contribution >= 0.6 is 11.3 Å². The lowest BCUT2D eigenvalue weighted by atomic mass is 9.98. The van der Waals surface area contributed by atoms with Crippen LogP contribution in [0.5, 0.6) is 0 Å². The Kier molecular flexibility index (Phi) is 6.59. The summed E-state index contributed by atoms with van der Waals surface area (Å²) >= 11 is 1.81. The molecule has 20 heavy (non-hydrogen) atoms. The molecular weight excluding hydrogens is 266 g/mol. The van der Waals surface area contributed by atoms with Crippen LogP contribution < -0.4 is 0 Å². The number of piperidine rings is 1. The van der Waals surface area contributed by atoms with E-state index in [9.17, 15) is 0 Å². The van der Waals surface area contributed by atoms with Crippen LogP contribution in [-0.2, 0) is 6.54 Å². The van der Waals surface area contributed by atoms with Gasteiger partial charge in [-0.05, 0) is 31.9 Å². The molecule has 2 heterocycles. The van der Waals surface area contributed by atoms with Gasteiger partial charge in [0.25, 0.3) is 0 Å². The lowest BCUT2D eigenvalue weighted by molar-refractivity contribution is 0.133. The number of likely N-dealkylation sites (tertiary alicyclic amines) is 1. The van der Waals surface area contributed by atoms with E-state index in [4.69, 9.17) is 5.11 Å². The Morgan fingerprint density at radius 2 is 2.35 bits per heavy atom. The summed E-state index contributed by atoms with van der Waals surface area (Å²) in [5.74, 6) is 6.11. The molecule has 0 radical (unpaired) electrons. The monoisotopic (exact) mass is 291 g/mol. The van der Waals surface area contributed by atoms with E-state index in [0.717, 1.165) is 18.2 Å². The van der Waals surface area contributed by atoms with Crippen LogP contribution in [0.4, 0.5) is 0 Å². The molecule has 110 valence electrons. The van der Waals surface area contributed by atoms with Gasteiger partial charge in [0.1, 0.15) is 0 Å². The smallest absolute Gasteiger partial charge is 0.0540 e. The molecule has 0 aromatic carbocycles. The SMILES string of the molecule is CCCC1CCCCN1Cc1cc(C#CCCO)cs1. The minimum atomic E-state index is 0.149. The minimum Gasteiger partial charge on any atom is -0.395 e. The summed E-state index contributed by atoms with van der Waals surface area (Å²) in [6.07, 6.45) is 7.27. The van der Waals surface area contributed by atoms with Crippen molar-refractivity contribution in [1.29, 1.82) is 0 Å². The number of rotatable bonds is 5. The molecule has 1 aliphatic heterocycles. The van der Waals surface area contributed by atoms with Gasteiger partial charge in [0.15, 0.2) is 0 Å². The molecular formula is C17H25NOS. The average Bonchev–Trinajstić information content (AvgIpc) is 2.89. The van der Waals surface area contributed by atoms with Crippen LogP contribution in [0.3, 0.4) is 0 Å². The van der Waals surface area contributed by atoms with E-state index in [1.54, 1.807) is 0 Å². The van der Waals surface area contributed by atoms with E-state index < -0.39 is 0 Å². The minimum absolute atomic E-state index is 0.149. The fourth-order valence-corrected chi connectivity index (χ4v) is 3.72. The highest BCUT2D eigenvalue weighted by Gasteiger charge is 2.21. The lowest BCUT2D eigenvalue weighted by Gasteiger charge is -2.35. The molecule has 3 heteroatoms. The molecule has 1 N–H and O–H groups in total. The largest absolute Gasteiger partial charge is 0.395 e. The first kappa shape index (κ1) is 15.6. The van der Waals surface area contributed by atoms with Crippen molar-refractivity contribution in [3.8, 4) is 11.8 Å². The molecule has 0 bridgehead atoms. The number of nitrogens with zero attached hydrogens (tertiary/aromatic N) is 1. The molecule has 0 amide bonds. The first-order valence-corrected chi connectivity index (χ1v) is 8.62. The predicted octanol–water partition coefficient (Wildman–Crippen LogP) is 3.64. The Morgan fingerprint density at radius 3 is 3.15 bits per heavy atom. The Morgan fingerprint density at radius 1 is 1.45 bits per heavy atom. The van der Waals surface area contributed by atoms with Gasteiger partial charge in [-0.15, -0.1) is 11.3 Å². The molecule has 0 aliphatic carbocycles. The summed E-state index contributed by atoms with van der Waals surface area (Å²) in [5.41, 5.74) is 1.10. The van der Waals surface area contributed by atoms with Gasteiger partial charge in [-0.1, -0.05) is 31.6 Å². The average molecular weight is 291 g/mol. The number of hydrogen-bond donors (Lipinski definition) is 1. The van der Waals surface area contributed by atoms with E-state index in [1.807, 2.05) is 11.3 Å². The fourth-order valence-electron chi connectivity index (χ4n) is 2.88. The maximum Gasteiger partial charge on any atom is 0.0540 e. The zero-order valence-electron chi connectivity index (χ0n) is 12.4. The Labute approximate surface area is 126 Å². The van der Waals surface area contributed by atoms with Gasteiger partial charge in [-0.25, -0.2) is 0 Å². The van der Waals surface area contributed by atoms with Crippen molar-refractivity contribution >= 4 is 11.3 Å². The molecule has 1 saturated heterocycles. The molecule has 1 fully saturated rings. The quantitative estimate of drug-likeness (QED) is 0.837. The van der Waals surface area contributed by atoms with Crippen molar-refractivity contribution in [3.05, 3.63) is 21.9 Å². The zero-order chi connectivity index (χ0) is 14.2. The van der Waals surface area contributed by atoms with Gasteiger partial charge in [0.05, 0.1) is 6.61 Å². The first-order chi connectivity index (χ1) is 9.83. The van der Waals surface area contributed by atoms with Gasteiger partial charge >= 0.3 is 0 Å². The molecule has 1 aliphatic rings. The highest BCUT2D eigenvalue weighted by atomic mass is 32.1. The van der Waals surface area contributed by atoms with Crippen LogP contribution in [0.15, 0.2) is 11.4 Å². The van der Waals surface area contributed by atoms with E-state index >= 15 is 0 Å². The van der Waals surface area contributed by atoms with E-state index in [0.29, 0.717) is 6.42 Å². The van der Waals surface area contributed by atoms with Crippen LogP contribution in [0.1, 0.15) is 55.9 Å². The fraction of sp³-hybridized carbons (Fsp3) is 0.647. The third-order valence-electron chi connectivity index (χ3n) is 3.85. The maximum atomic E-state index is 8.74. The van der Waals surface area contributed by atoms with Gasteiger partial charge in [-0.2, -0.15) is 0 Å². The van der Waals surface area contributed by atoms with Crippen LogP contribution in [0, 0.1) is 11.8 Å². The molecule has 0 spiro atoms. The number of aliphatic hydroxyl groups excluding tert-OH is 1.